The molecule has 4 rings (SSSR count). The summed E-state index contributed by atoms with van der Waals surface area (Å²) in [5.74, 6) is 0.871. The average Bonchev–Trinajstić information content (AvgIpc) is 3.13. The zero-order valence-corrected chi connectivity index (χ0v) is 17.8. The first-order valence-electron chi connectivity index (χ1n) is 10.2. The summed E-state index contributed by atoms with van der Waals surface area (Å²) in [5, 5.41) is 8.38. The molecule has 0 atom stereocenters. The van der Waals surface area contributed by atoms with Crippen LogP contribution in [0.15, 0.2) is 60.7 Å². The first-order valence-corrected chi connectivity index (χ1v) is 10.2. The van der Waals surface area contributed by atoms with Crippen molar-refractivity contribution in [2.45, 2.75) is 33.6 Å². The average molecular weight is 412 g/mol. The number of nitrogens with zero attached hydrogens (tertiary/aromatic N) is 3. The van der Waals surface area contributed by atoms with Gasteiger partial charge in [-0.25, -0.2) is 4.98 Å². The Morgan fingerprint density at radius 1 is 0.903 bits per heavy atom. The van der Waals surface area contributed by atoms with Crippen molar-refractivity contribution < 1.29 is 9.59 Å². The van der Waals surface area contributed by atoms with Crippen LogP contribution in [0.4, 0.5) is 5.82 Å². The molecular formula is C25H24N4O2. The van der Waals surface area contributed by atoms with Crippen LogP contribution in [-0.4, -0.2) is 26.5 Å². The number of carbonyl (C=O) groups is 2. The summed E-state index contributed by atoms with van der Waals surface area (Å²) in [5.41, 5.74) is 4.45. The first-order chi connectivity index (χ1) is 14.9. The van der Waals surface area contributed by atoms with Crippen molar-refractivity contribution in [2.24, 2.45) is 0 Å². The zero-order chi connectivity index (χ0) is 22.0. The molecule has 0 unspecified atom stereocenters. The number of hydrogen-bond donors (Lipinski definition) is 1. The van der Waals surface area contributed by atoms with Gasteiger partial charge in [0.2, 0.25) is 5.91 Å². The molecule has 0 aliphatic heterocycles. The van der Waals surface area contributed by atoms with E-state index in [0.29, 0.717) is 17.2 Å². The molecule has 2 aromatic carbocycles. The summed E-state index contributed by atoms with van der Waals surface area (Å²) in [6, 6.07) is 19.1. The van der Waals surface area contributed by atoms with Crippen LogP contribution >= 0.6 is 0 Å². The molecule has 6 nitrogen and oxygen atoms in total. The van der Waals surface area contributed by atoms with Crippen molar-refractivity contribution in [1.82, 2.24) is 14.8 Å². The second-order valence-corrected chi connectivity index (χ2v) is 7.72. The lowest BCUT2D eigenvalue weighted by atomic mass is 10.0. The number of aromatic nitrogens is 3. The number of benzene rings is 2. The fourth-order valence-electron chi connectivity index (χ4n) is 3.43. The molecule has 0 aliphatic carbocycles. The second kappa shape index (κ2) is 8.52. The van der Waals surface area contributed by atoms with E-state index in [0.717, 1.165) is 27.7 Å². The number of ketones is 1. The van der Waals surface area contributed by atoms with Gasteiger partial charge in [0, 0.05) is 29.9 Å². The number of carbonyl (C=O) groups excluding carboxylic acids is 2. The van der Waals surface area contributed by atoms with Gasteiger partial charge in [0.15, 0.2) is 11.6 Å². The Bertz CT molecular complexity index is 1290. The van der Waals surface area contributed by atoms with Crippen molar-refractivity contribution in [1.29, 1.82) is 0 Å². The van der Waals surface area contributed by atoms with Crippen LogP contribution in [0.2, 0.25) is 0 Å². The maximum atomic E-state index is 12.5. The Kier molecular flexibility index (Phi) is 5.62. The lowest BCUT2D eigenvalue weighted by Gasteiger charge is -2.09. The number of rotatable bonds is 6. The quantitative estimate of drug-likeness (QED) is 0.455. The molecule has 6 heteroatoms. The van der Waals surface area contributed by atoms with Gasteiger partial charge in [-0.05, 0) is 56.2 Å². The van der Waals surface area contributed by atoms with Gasteiger partial charge in [0.05, 0.1) is 11.2 Å². The first kappa shape index (κ1) is 20.5. The zero-order valence-electron chi connectivity index (χ0n) is 17.8. The Hall–Kier alpha value is -3.80. The van der Waals surface area contributed by atoms with E-state index in [9.17, 15) is 9.59 Å². The van der Waals surface area contributed by atoms with Gasteiger partial charge < -0.3 is 5.32 Å². The van der Waals surface area contributed by atoms with Crippen LogP contribution in [0.1, 0.15) is 40.0 Å². The summed E-state index contributed by atoms with van der Waals surface area (Å²) in [6.07, 6.45) is 0.247. The lowest BCUT2D eigenvalue weighted by Crippen LogP contribution is -2.16. The molecule has 0 bridgehead atoms. The highest BCUT2D eigenvalue weighted by atomic mass is 16.2. The number of aryl methyl sites for hydroxylation is 3. The van der Waals surface area contributed by atoms with Gasteiger partial charge in [0.1, 0.15) is 5.82 Å². The van der Waals surface area contributed by atoms with Gasteiger partial charge in [-0.3, -0.25) is 9.59 Å². The van der Waals surface area contributed by atoms with Gasteiger partial charge in [-0.15, -0.1) is 0 Å². The molecular weight excluding hydrogens is 388 g/mol. The Morgan fingerprint density at radius 3 is 2.52 bits per heavy atom. The van der Waals surface area contributed by atoms with Crippen LogP contribution in [0.25, 0.3) is 16.7 Å². The van der Waals surface area contributed by atoms with E-state index in [1.54, 1.807) is 10.7 Å². The largest absolute Gasteiger partial charge is 0.311 e. The fourth-order valence-corrected chi connectivity index (χ4v) is 3.43. The Labute approximate surface area is 180 Å². The molecule has 0 fully saturated rings. The number of Topliss-reactive ketones (excluding diaryl/α,β-unsaturated/α-hetero) is 1. The molecule has 0 saturated carbocycles. The second-order valence-electron chi connectivity index (χ2n) is 7.72. The molecule has 0 aliphatic rings. The Morgan fingerprint density at radius 2 is 1.71 bits per heavy atom. The van der Waals surface area contributed by atoms with Crippen LogP contribution in [-0.2, 0) is 4.79 Å². The monoisotopic (exact) mass is 412 g/mol. The highest BCUT2D eigenvalue weighted by Gasteiger charge is 2.14. The van der Waals surface area contributed by atoms with Gasteiger partial charge in [-0.2, -0.15) is 9.78 Å². The third-order valence-corrected chi connectivity index (χ3v) is 5.31. The fraction of sp³-hybridized carbons (Fsp3) is 0.200. The lowest BCUT2D eigenvalue weighted by molar-refractivity contribution is -0.116. The van der Waals surface area contributed by atoms with Crippen LogP contribution in [0, 0.1) is 20.8 Å². The van der Waals surface area contributed by atoms with Crippen LogP contribution in [0.3, 0.4) is 0 Å². The predicted octanol–water partition coefficient (Wildman–Crippen LogP) is 4.95. The third-order valence-electron chi connectivity index (χ3n) is 5.31. The van der Waals surface area contributed by atoms with Gasteiger partial charge in [0.25, 0.3) is 0 Å². The van der Waals surface area contributed by atoms with E-state index >= 15 is 0 Å². The van der Waals surface area contributed by atoms with E-state index in [1.807, 2.05) is 75.4 Å². The van der Waals surface area contributed by atoms with E-state index in [4.69, 9.17) is 0 Å². The number of fused-ring (bicyclic) bond motifs is 1. The smallest absolute Gasteiger partial charge is 0.225 e. The molecule has 2 aromatic heterocycles. The number of anilines is 1. The number of para-hydroxylation sites is 1. The van der Waals surface area contributed by atoms with Crippen molar-refractivity contribution >= 4 is 28.4 Å². The minimum absolute atomic E-state index is 0.0425. The van der Waals surface area contributed by atoms with E-state index in [1.165, 1.54) is 0 Å². The molecule has 0 saturated heterocycles. The summed E-state index contributed by atoms with van der Waals surface area (Å²) in [4.78, 5) is 29.7. The van der Waals surface area contributed by atoms with E-state index in [-0.39, 0.29) is 24.5 Å². The van der Waals surface area contributed by atoms with E-state index in [2.05, 4.69) is 15.4 Å². The van der Waals surface area contributed by atoms with Crippen molar-refractivity contribution in [3.63, 3.8) is 0 Å². The third kappa shape index (κ3) is 4.53. The predicted molar refractivity (Wildman–Crippen MR) is 122 cm³/mol. The topological polar surface area (TPSA) is 76.9 Å². The SMILES string of the molecule is Cc1cc(NC(=O)CCC(=O)c2ccc(C)c(C)c2)n(-c2ccc3ccccc3n2)n1. The summed E-state index contributed by atoms with van der Waals surface area (Å²) in [7, 11) is 0. The van der Waals surface area contributed by atoms with Gasteiger partial charge >= 0.3 is 0 Å². The number of nitrogens with one attached hydrogen (secondary N) is 1. The van der Waals surface area contributed by atoms with Crippen LogP contribution in [0.5, 0.6) is 0 Å². The molecule has 4 aromatic rings. The van der Waals surface area contributed by atoms with Crippen molar-refractivity contribution in [2.75, 3.05) is 5.32 Å². The maximum Gasteiger partial charge on any atom is 0.225 e. The normalized spacial score (nSPS) is 10.9. The maximum absolute atomic E-state index is 12.5. The number of pyridine rings is 1. The highest BCUT2D eigenvalue weighted by Crippen LogP contribution is 2.20. The molecule has 1 amide bonds. The number of amides is 1. The number of hydrogen-bond acceptors (Lipinski definition) is 4. The molecule has 2 heterocycles. The minimum Gasteiger partial charge on any atom is -0.311 e. The standard InChI is InChI=1S/C25H24N4O2/c1-16-8-9-20(14-17(16)2)22(30)11-13-25(31)27-24-15-18(3)28-29(24)23-12-10-19-6-4-5-7-21(19)26-23/h4-10,12,14-15H,11,13H2,1-3H3,(H,27,31). The molecule has 31 heavy (non-hydrogen) atoms. The van der Waals surface area contributed by atoms with Gasteiger partial charge in [-0.1, -0.05) is 30.3 Å². The molecule has 0 radical (unpaired) electrons. The molecule has 1 N–H and O–H groups in total. The van der Waals surface area contributed by atoms with Crippen molar-refractivity contribution in [3.05, 3.63) is 83.0 Å². The van der Waals surface area contributed by atoms with E-state index < -0.39 is 0 Å². The highest BCUT2D eigenvalue weighted by molar-refractivity contribution is 6.00. The summed E-state index contributed by atoms with van der Waals surface area (Å²) in [6.45, 7) is 5.84. The molecule has 0 spiro atoms. The molecule has 156 valence electrons. The summed E-state index contributed by atoms with van der Waals surface area (Å²) < 4.78 is 1.62. The van der Waals surface area contributed by atoms with Crippen molar-refractivity contribution in [3.8, 4) is 5.82 Å². The van der Waals surface area contributed by atoms with Crippen LogP contribution < -0.4 is 5.32 Å². The Balaban J connectivity index is 1.47. The summed E-state index contributed by atoms with van der Waals surface area (Å²) >= 11 is 0. The minimum atomic E-state index is -0.237.